The minimum absolute atomic E-state index is 0.0764. The van der Waals surface area contributed by atoms with Crippen molar-refractivity contribution in [2.24, 2.45) is 0 Å². The second-order valence-corrected chi connectivity index (χ2v) is 7.16. The summed E-state index contributed by atoms with van der Waals surface area (Å²) in [5.74, 6) is -0.482. The molecule has 0 radical (unpaired) electrons. The van der Waals surface area contributed by atoms with Gasteiger partial charge in [-0.25, -0.2) is 9.59 Å². The highest BCUT2D eigenvalue weighted by Crippen LogP contribution is 2.33. The first-order valence-corrected chi connectivity index (χ1v) is 10.7. The molecule has 174 valence electrons. The second-order valence-electron chi connectivity index (χ2n) is 7.16. The van der Waals surface area contributed by atoms with E-state index in [-0.39, 0.29) is 41.1 Å². The molecule has 0 spiro atoms. The van der Waals surface area contributed by atoms with E-state index < -0.39 is 24.1 Å². The summed E-state index contributed by atoms with van der Waals surface area (Å²) in [4.78, 5) is 37.1. The second kappa shape index (κ2) is 10.7. The van der Waals surface area contributed by atoms with Crippen LogP contribution in [0, 0.1) is 0 Å². The van der Waals surface area contributed by atoms with Gasteiger partial charge in [-0.2, -0.15) is 0 Å². The molecule has 8 nitrogen and oxygen atoms in total. The van der Waals surface area contributed by atoms with Crippen molar-refractivity contribution in [3.63, 3.8) is 0 Å². The van der Waals surface area contributed by atoms with Gasteiger partial charge in [0.25, 0.3) is 0 Å². The molecule has 0 bridgehead atoms. The van der Waals surface area contributed by atoms with Gasteiger partial charge in [-0.05, 0) is 27.7 Å². The summed E-state index contributed by atoms with van der Waals surface area (Å²) in [6.07, 6.45) is -1.90. The van der Waals surface area contributed by atoms with Gasteiger partial charge in [0.15, 0.2) is 17.6 Å². The van der Waals surface area contributed by atoms with E-state index >= 15 is 0 Å². The van der Waals surface area contributed by atoms with Crippen LogP contribution in [0.25, 0.3) is 22.3 Å². The molecule has 1 aromatic heterocycles. The summed E-state index contributed by atoms with van der Waals surface area (Å²) < 4.78 is 27.5. The van der Waals surface area contributed by atoms with Crippen molar-refractivity contribution in [2.45, 2.75) is 39.9 Å². The van der Waals surface area contributed by atoms with Crippen molar-refractivity contribution < 1.29 is 33.0 Å². The SMILES string of the molecule is CCOC(=O)C(C)Oc1cc(OC(C)C(=O)OCC)c2c(=O)cc(-c3ccccc3)oc2c1. The van der Waals surface area contributed by atoms with Crippen molar-refractivity contribution >= 4 is 22.9 Å². The normalized spacial score (nSPS) is 12.6. The summed E-state index contributed by atoms with van der Waals surface area (Å²) in [5.41, 5.74) is 0.539. The minimum Gasteiger partial charge on any atom is -0.479 e. The van der Waals surface area contributed by atoms with Gasteiger partial charge in [0.1, 0.15) is 28.2 Å². The molecule has 0 saturated heterocycles. The third-order valence-electron chi connectivity index (χ3n) is 4.68. The van der Waals surface area contributed by atoms with Crippen LogP contribution in [0.3, 0.4) is 0 Å². The standard InChI is InChI=1S/C25H26O8/c1-5-29-24(27)15(3)31-18-12-21(32-16(4)25(28)30-6-2)23-19(26)14-20(33-22(23)13-18)17-10-8-7-9-11-17/h7-16H,5-6H2,1-4H3. The molecule has 33 heavy (non-hydrogen) atoms. The number of esters is 2. The molecule has 0 aliphatic carbocycles. The zero-order chi connectivity index (χ0) is 24.0. The van der Waals surface area contributed by atoms with E-state index in [1.165, 1.54) is 25.1 Å². The summed E-state index contributed by atoms with van der Waals surface area (Å²) in [7, 11) is 0. The lowest BCUT2D eigenvalue weighted by Gasteiger charge is -2.18. The van der Waals surface area contributed by atoms with E-state index in [0.717, 1.165) is 0 Å². The highest BCUT2D eigenvalue weighted by Gasteiger charge is 2.22. The Hall–Kier alpha value is -3.81. The smallest absolute Gasteiger partial charge is 0.347 e. The molecule has 0 N–H and O–H groups in total. The fraction of sp³-hybridized carbons (Fsp3) is 0.320. The quantitative estimate of drug-likeness (QED) is 0.445. The Balaban J connectivity index is 2.09. The monoisotopic (exact) mass is 454 g/mol. The zero-order valence-electron chi connectivity index (χ0n) is 19.0. The van der Waals surface area contributed by atoms with Crippen LogP contribution in [0.4, 0.5) is 0 Å². The molecule has 8 heteroatoms. The summed E-state index contributed by atoms with van der Waals surface area (Å²) in [6, 6.07) is 13.4. The van der Waals surface area contributed by atoms with Crippen molar-refractivity contribution in [2.75, 3.05) is 13.2 Å². The Morgan fingerprint density at radius 3 is 2.09 bits per heavy atom. The third kappa shape index (κ3) is 5.71. The average molecular weight is 454 g/mol. The maximum Gasteiger partial charge on any atom is 0.347 e. The van der Waals surface area contributed by atoms with Gasteiger partial charge in [0, 0.05) is 23.8 Å². The van der Waals surface area contributed by atoms with Gasteiger partial charge in [-0.3, -0.25) is 4.79 Å². The first kappa shape index (κ1) is 23.8. The van der Waals surface area contributed by atoms with Crippen molar-refractivity contribution in [1.29, 1.82) is 0 Å². The molecular weight excluding hydrogens is 428 g/mol. The van der Waals surface area contributed by atoms with Gasteiger partial charge in [-0.15, -0.1) is 0 Å². The number of carbonyl (C=O) groups is 2. The van der Waals surface area contributed by atoms with Crippen LogP contribution in [-0.2, 0) is 19.1 Å². The van der Waals surface area contributed by atoms with Crippen LogP contribution in [-0.4, -0.2) is 37.4 Å². The van der Waals surface area contributed by atoms with E-state index in [0.29, 0.717) is 11.3 Å². The van der Waals surface area contributed by atoms with E-state index in [1.54, 1.807) is 20.8 Å². The van der Waals surface area contributed by atoms with Crippen LogP contribution >= 0.6 is 0 Å². The number of hydrogen-bond acceptors (Lipinski definition) is 8. The topological polar surface area (TPSA) is 101 Å². The number of fused-ring (bicyclic) bond motifs is 1. The van der Waals surface area contributed by atoms with Crippen LogP contribution in [0.1, 0.15) is 27.7 Å². The number of carbonyl (C=O) groups excluding carboxylic acids is 2. The molecular formula is C25H26O8. The molecule has 0 aliphatic rings. The van der Waals surface area contributed by atoms with Crippen LogP contribution in [0.5, 0.6) is 11.5 Å². The lowest BCUT2D eigenvalue weighted by molar-refractivity contribution is -0.151. The number of hydrogen-bond donors (Lipinski definition) is 0. The molecule has 2 aromatic carbocycles. The van der Waals surface area contributed by atoms with Crippen molar-refractivity contribution in [1.82, 2.24) is 0 Å². The molecule has 2 atom stereocenters. The maximum atomic E-state index is 13.0. The fourth-order valence-electron chi connectivity index (χ4n) is 3.14. The molecule has 3 rings (SSSR count). The molecule has 0 fully saturated rings. The molecule has 2 unspecified atom stereocenters. The summed E-state index contributed by atoms with van der Waals surface area (Å²) >= 11 is 0. The summed E-state index contributed by atoms with van der Waals surface area (Å²) in [5, 5.41) is 0.141. The lowest BCUT2D eigenvalue weighted by atomic mass is 10.1. The van der Waals surface area contributed by atoms with Gasteiger partial charge in [0.2, 0.25) is 0 Å². The predicted molar refractivity (Wildman–Crippen MR) is 121 cm³/mol. The largest absolute Gasteiger partial charge is 0.479 e. The minimum atomic E-state index is -0.987. The average Bonchev–Trinajstić information content (AvgIpc) is 2.79. The van der Waals surface area contributed by atoms with Crippen molar-refractivity contribution in [3.05, 3.63) is 58.8 Å². The Morgan fingerprint density at radius 1 is 0.879 bits per heavy atom. The first-order chi connectivity index (χ1) is 15.8. The number of rotatable bonds is 9. The zero-order valence-corrected chi connectivity index (χ0v) is 19.0. The Morgan fingerprint density at radius 2 is 1.48 bits per heavy atom. The van der Waals surface area contributed by atoms with Gasteiger partial charge < -0.3 is 23.4 Å². The van der Waals surface area contributed by atoms with Crippen LogP contribution in [0.2, 0.25) is 0 Å². The Bertz CT molecular complexity index is 1180. The molecule has 1 heterocycles. The van der Waals surface area contributed by atoms with Gasteiger partial charge in [0.05, 0.1) is 13.2 Å². The third-order valence-corrected chi connectivity index (χ3v) is 4.68. The van der Waals surface area contributed by atoms with E-state index in [1.807, 2.05) is 30.3 Å². The van der Waals surface area contributed by atoms with Crippen LogP contribution in [0.15, 0.2) is 57.7 Å². The van der Waals surface area contributed by atoms with Crippen molar-refractivity contribution in [3.8, 4) is 22.8 Å². The summed E-state index contributed by atoms with van der Waals surface area (Å²) in [6.45, 7) is 6.84. The molecule has 0 saturated carbocycles. The molecule has 0 amide bonds. The van der Waals surface area contributed by atoms with Gasteiger partial charge >= 0.3 is 11.9 Å². The lowest BCUT2D eigenvalue weighted by Crippen LogP contribution is -2.27. The first-order valence-electron chi connectivity index (χ1n) is 10.7. The highest BCUT2D eigenvalue weighted by atomic mass is 16.6. The predicted octanol–water partition coefficient (Wildman–Crippen LogP) is 4.12. The van der Waals surface area contributed by atoms with E-state index in [4.69, 9.17) is 23.4 Å². The maximum absolute atomic E-state index is 13.0. The molecule has 0 aliphatic heterocycles. The van der Waals surface area contributed by atoms with E-state index in [9.17, 15) is 14.4 Å². The van der Waals surface area contributed by atoms with Gasteiger partial charge in [-0.1, -0.05) is 30.3 Å². The number of benzene rings is 2. The Kier molecular flexibility index (Phi) is 7.71. The molecule has 3 aromatic rings. The fourth-order valence-corrected chi connectivity index (χ4v) is 3.14. The number of ether oxygens (including phenoxy) is 4. The van der Waals surface area contributed by atoms with Crippen LogP contribution < -0.4 is 14.9 Å². The van der Waals surface area contributed by atoms with E-state index in [2.05, 4.69) is 0 Å². The Labute approximate surface area is 191 Å². The highest BCUT2D eigenvalue weighted by molar-refractivity contribution is 5.87.